The van der Waals surface area contributed by atoms with E-state index in [1.54, 1.807) is 18.2 Å². The second-order valence-corrected chi connectivity index (χ2v) is 6.69. The van der Waals surface area contributed by atoms with Crippen LogP contribution in [0.2, 0.25) is 0 Å². The highest BCUT2D eigenvalue weighted by molar-refractivity contribution is 7.90. The topological polar surface area (TPSA) is 75.3 Å². The summed E-state index contributed by atoms with van der Waals surface area (Å²) in [5.74, 6) is 0. The molecule has 0 heterocycles. The number of unbranched alkanes of at least 4 members (excludes halogenated alkanes) is 3. The smallest absolute Gasteiger partial charge is 0.319 e. The molecule has 1 aromatic carbocycles. The Labute approximate surface area is 120 Å². The van der Waals surface area contributed by atoms with E-state index in [2.05, 4.69) is 17.6 Å². The third kappa shape index (κ3) is 5.61. The zero-order valence-electron chi connectivity index (χ0n) is 12.0. The van der Waals surface area contributed by atoms with Crippen molar-refractivity contribution in [3.05, 3.63) is 24.3 Å². The average Bonchev–Trinajstić information content (AvgIpc) is 2.38. The van der Waals surface area contributed by atoms with Crippen molar-refractivity contribution in [2.75, 3.05) is 18.1 Å². The number of carbonyl (C=O) groups excluding carboxylic acids is 1. The van der Waals surface area contributed by atoms with Gasteiger partial charge in [-0.1, -0.05) is 38.3 Å². The highest BCUT2D eigenvalue weighted by atomic mass is 32.2. The molecule has 6 heteroatoms. The summed E-state index contributed by atoms with van der Waals surface area (Å²) in [5, 5.41) is 5.30. The van der Waals surface area contributed by atoms with Gasteiger partial charge < -0.3 is 10.6 Å². The Hall–Kier alpha value is -1.56. The monoisotopic (exact) mass is 298 g/mol. The molecule has 0 atom stereocenters. The van der Waals surface area contributed by atoms with Crippen LogP contribution in [0.15, 0.2) is 29.2 Å². The van der Waals surface area contributed by atoms with Crippen molar-refractivity contribution in [3.8, 4) is 0 Å². The van der Waals surface area contributed by atoms with Crippen molar-refractivity contribution in [3.63, 3.8) is 0 Å². The summed E-state index contributed by atoms with van der Waals surface area (Å²) < 4.78 is 23.2. The number of para-hydroxylation sites is 1. The van der Waals surface area contributed by atoms with Gasteiger partial charge in [-0.05, 0) is 18.6 Å². The SMILES string of the molecule is CCCCCCNC(=O)Nc1ccccc1S(C)(=O)=O. The van der Waals surface area contributed by atoms with Crippen LogP contribution in [0.25, 0.3) is 0 Å². The molecule has 2 amide bonds. The van der Waals surface area contributed by atoms with Crippen LogP contribution < -0.4 is 10.6 Å². The number of hydrogen-bond donors (Lipinski definition) is 2. The molecule has 0 unspecified atom stereocenters. The zero-order valence-corrected chi connectivity index (χ0v) is 12.8. The Bertz CT molecular complexity index is 541. The third-order valence-electron chi connectivity index (χ3n) is 2.85. The van der Waals surface area contributed by atoms with Crippen LogP contribution in [-0.2, 0) is 9.84 Å². The molecule has 0 spiro atoms. The molecule has 2 N–H and O–H groups in total. The summed E-state index contributed by atoms with van der Waals surface area (Å²) in [7, 11) is -3.35. The summed E-state index contributed by atoms with van der Waals surface area (Å²) in [5.41, 5.74) is 0.307. The van der Waals surface area contributed by atoms with Gasteiger partial charge in [0.2, 0.25) is 0 Å². The van der Waals surface area contributed by atoms with Crippen LogP contribution in [0.1, 0.15) is 32.6 Å². The van der Waals surface area contributed by atoms with E-state index < -0.39 is 9.84 Å². The molecule has 112 valence electrons. The van der Waals surface area contributed by atoms with E-state index >= 15 is 0 Å². The molecule has 0 saturated carbocycles. The second-order valence-electron chi connectivity index (χ2n) is 4.71. The fourth-order valence-corrected chi connectivity index (χ4v) is 2.66. The first-order chi connectivity index (χ1) is 9.45. The molecule has 0 aromatic heterocycles. The molecule has 0 aliphatic rings. The minimum Gasteiger partial charge on any atom is -0.338 e. The minimum absolute atomic E-state index is 0.126. The summed E-state index contributed by atoms with van der Waals surface area (Å²) in [6.07, 6.45) is 5.43. The Balaban J connectivity index is 2.54. The third-order valence-corrected chi connectivity index (χ3v) is 4.01. The van der Waals surface area contributed by atoms with Crippen LogP contribution in [0.3, 0.4) is 0 Å². The van der Waals surface area contributed by atoms with Gasteiger partial charge in [-0.3, -0.25) is 0 Å². The van der Waals surface area contributed by atoms with E-state index in [0.717, 1.165) is 31.9 Å². The maximum absolute atomic E-state index is 11.7. The molecule has 0 radical (unpaired) electrons. The normalized spacial score (nSPS) is 11.1. The van der Waals surface area contributed by atoms with Crippen molar-refractivity contribution in [1.29, 1.82) is 0 Å². The number of sulfone groups is 1. The molecular formula is C14H22N2O3S. The lowest BCUT2D eigenvalue weighted by molar-refractivity contribution is 0.252. The fraction of sp³-hybridized carbons (Fsp3) is 0.500. The van der Waals surface area contributed by atoms with E-state index in [4.69, 9.17) is 0 Å². The zero-order chi connectivity index (χ0) is 15.0. The van der Waals surface area contributed by atoms with Crippen LogP contribution in [0.4, 0.5) is 10.5 Å². The quantitative estimate of drug-likeness (QED) is 0.760. The van der Waals surface area contributed by atoms with Crippen molar-refractivity contribution in [2.24, 2.45) is 0 Å². The maximum atomic E-state index is 11.7. The average molecular weight is 298 g/mol. The van der Waals surface area contributed by atoms with E-state index in [1.807, 2.05) is 0 Å². The Morgan fingerprint density at radius 2 is 1.85 bits per heavy atom. The first-order valence-electron chi connectivity index (χ1n) is 6.79. The van der Waals surface area contributed by atoms with Crippen LogP contribution in [0, 0.1) is 0 Å². The number of nitrogens with one attached hydrogen (secondary N) is 2. The molecule has 5 nitrogen and oxygen atoms in total. The lowest BCUT2D eigenvalue weighted by Crippen LogP contribution is -2.30. The number of benzene rings is 1. The Morgan fingerprint density at radius 1 is 1.15 bits per heavy atom. The highest BCUT2D eigenvalue weighted by Gasteiger charge is 2.13. The second kappa shape index (κ2) is 7.89. The fourth-order valence-electron chi connectivity index (χ4n) is 1.81. The number of urea groups is 1. The van der Waals surface area contributed by atoms with Crippen LogP contribution >= 0.6 is 0 Å². The maximum Gasteiger partial charge on any atom is 0.319 e. The lowest BCUT2D eigenvalue weighted by Gasteiger charge is -2.10. The van der Waals surface area contributed by atoms with Gasteiger partial charge in [-0.2, -0.15) is 0 Å². The largest absolute Gasteiger partial charge is 0.338 e. The standard InChI is InChI=1S/C14H22N2O3S/c1-3-4-5-8-11-15-14(17)16-12-9-6-7-10-13(12)20(2,18)19/h6-7,9-10H,3-5,8,11H2,1-2H3,(H2,15,16,17). The summed E-state index contributed by atoms with van der Waals surface area (Å²) in [6, 6.07) is 5.99. The molecule has 1 rings (SSSR count). The number of anilines is 1. The van der Waals surface area contributed by atoms with Gasteiger partial charge in [0.15, 0.2) is 9.84 Å². The van der Waals surface area contributed by atoms with Gasteiger partial charge in [0, 0.05) is 12.8 Å². The van der Waals surface area contributed by atoms with Gasteiger partial charge in [0.1, 0.15) is 0 Å². The predicted molar refractivity (Wildman–Crippen MR) is 80.7 cm³/mol. The molecule has 20 heavy (non-hydrogen) atoms. The molecular weight excluding hydrogens is 276 g/mol. The van der Waals surface area contributed by atoms with Gasteiger partial charge >= 0.3 is 6.03 Å². The van der Waals surface area contributed by atoms with Gasteiger partial charge in [0.05, 0.1) is 10.6 Å². The van der Waals surface area contributed by atoms with Crippen molar-refractivity contribution in [1.82, 2.24) is 5.32 Å². The number of rotatable bonds is 7. The van der Waals surface area contributed by atoms with E-state index in [1.165, 1.54) is 6.07 Å². The van der Waals surface area contributed by atoms with Crippen LogP contribution in [0.5, 0.6) is 0 Å². The Morgan fingerprint density at radius 3 is 2.50 bits per heavy atom. The van der Waals surface area contributed by atoms with Crippen molar-refractivity contribution < 1.29 is 13.2 Å². The summed E-state index contributed by atoms with van der Waals surface area (Å²) in [4.78, 5) is 11.8. The minimum atomic E-state index is -3.35. The number of hydrogen-bond acceptors (Lipinski definition) is 3. The molecule has 1 aromatic rings. The predicted octanol–water partition coefficient (Wildman–Crippen LogP) is 2.79. The number of carbonyl (C=O) groups is 1. The molecule has 0 saturated heterocycles. The van der Waals surface area contributed by atoms with E-state index in [-0.39, 0.29) is 10.9 Å². The highest BCUT2D eigenvalue weighted by Crippen LogP contribution is 2.20. The van der Waals surface area contributed by atoms with Crippen LogP contribution in [-0.4, -0.2) is 27.2 Å². The van der Waals surface area contributed by atoms with E-state index in [9.17, 15) is 13.2 Å². The van der Waals surface area contributed by atoms with Crippen molar-refractivity contribution >= 4 is 21.6 Å². The molecule has 0 bridgehead atoms. The summed E-state index contributed by atoms with van der Waals surface area (Å²) >= 11 is 0. The van der Waals surface area contributed by atoms with Gasteiger partial charge in [0.25, 0.3) is 0 Å². The lowest BCUT2D eigenvalue weighted by atomic mass is 10.2. The van der Waals surface area contributed by atoms with Gasteiger partial charge in [-0.25, -0.2) is 13.2 Å². The molecule has 0 aliphatic heterocycles. The first-order valence-corrected chi connectivity index (χ1v) is 8.68. The first kappa shape index (κ1) is 16.5. The molecule has 0 aliphatic carbocycles. The summed E-state index contributed by atoms with van der Waals surface area (Å²) in [6.45, 7) is 2.72. The number of amides is 2. The molecule has 0 fully saturated rings. The van der Waals surface area contributed by atoms with Gasteiger partial charge in [-0.15, -0.1) is 0 Å². The van der Waals surface area contributed by atoms with E-state index in [0.29, 0.717) is 12.2 Å². The Kier molecular flexibility index (Phi) is 6.51. The van der Waals surface area contributed by atoms with Crippen molar-refractivity contribution in [2.45, 2.75) is 37.5 Å².